The smallest absolute Gasteiger partial charge is 0.146 e. The molecule has 108 valence electrons. The standard InChI is InChI=1S/C16H27FN2/c1-4-19(16-11-7-6-10-15(16)17)13-9-5-8-12-18-14(2)3/h6-7,10-11,14,18H,4-5,8-9,12-13H2,1-3H3. The molecule has 1 aromatic rings. The van der Waals surface area contributed by atoms with Crippen LogP contribution >= 0.6 is 0 Å². The summed E-state index contributed by atoms with van der Waals surface area (Å²) in [4.78, 5) is 2.12. The van der Waals surface area contributed by atoms with Crippen molar-refractivity contribution in [3.05, 3.63) is 30.1 Å². The van der Waals surface area contributed by atoms with Crippen molar-refractivity contribution in [2.75, 3.05) is 24.5 Å². The van der Waals surface area contributed by atoms with Crippen molar-refractivity contribution in [1.82, 2.24) is 5.32 Å². The molecular formula is C16H27FN2. The Morgan fingerprint density at radius 1 is 1.16 bits per heavy atom. The van der Waals surface area contributed by atoms with Crippen LogP contribution in [0, 0.1) is 5.82 Å². The highest BCUT2D eigenvalue weighted by Gasteiger charge is 2.08. The molecule has 1 aromatic carbocycles. The molecule has 0 bridgehead atoms. The van der Waals surface area contributed by atoms with Gasteiger partial charge in [-0.25, -0.2) is 4.39 Å². The molecule has 0 amide bonds. The minimum absolute atomic E-state index is 0.120. The molecule has 0 saturated heterocycles. The lowest BCUT2D eigenvalue weighted by Crippen LogP contribution is -2.26. The molecule has 19 heavy (non-hydrogen) atoms. The third-order valence-corrected chi connectivity index (χ3v) is 3.23. The lowest BCUT2D eigenvalue weighted by Gasteiger charge is -2.23. The minimum atomic E-state index is -0.120. The van der Waals surface area contributed by atoms with E-state index in [2.05, 4.69) is 31.0 Å². The molecule has 0 fully saturated rings. The Kier molecular flexibility index (Phi) is 7.49. The molecule has 0 saturated carbocycles. The Morgan fingerprint density at radius 3 is 2.53 bits per heavy atom. The van der Waals surface area contributed by atoms with Crippen molar-refractivity contribution in [2.24, 2.45) is 0 Å². The number of hydrogen-bond donors (Lipinski definition) is 1. The first kappa shape index (κ1) is 16.0. The van der Waals surface area contributed by atoms with Crippen LogP contribution in [0.1, 0.15) is 40.0 Å². The van der Waals surface area contributed by atoms with Gasteiger partial charge in [0.25, 0.3) is 0 Å². The summed E-state index contributed by atoms with van der Waals surface area (Å²) in [5.41, 5.74) is 0.727. The summed E-state index contributed by atoms with van der Waals surface area (Å²) in [5.74, 6) is -0.120. The maximum Gasteiger partial charge on any atom is 0.146 e. The van der Waals surface area contributed by atoms with Gasteiger partial charge in [0.1, 0.15) is 5.82 Å². The number of nitrogens with zero attached hydrogens (tertiary/aromatic N) is 1. The van der Waals surface area contributed by atoms with Gasteiger partial charge in [0, 0.05) is 19.1 Å². The topological polar surface area (TPSA) is 15.3 Å². The van der Waals surface area contributed by atoms with Crippen LogP contribution in [0.3, 0.4) is 0 Å². The fourth-order valence-corrected chi connectivity index (χ4v) is 2.15. The van der Waals surface area contributed by atoms with E-state index < -0.39 is 0 Å². The second-order valence-electron chi connectivity index (χ2n) is 5.20. The molecule has 3 heteroatoms. The molecule has 1 N–H and O–H groups in total. The lowest BCUT2D eigenvalue weighted by atomic mass is 10.2. The maximum absolute atomic E-state index is 13.7. The summed E-state index contributed by atoms with van der Waals surface area (Å²) in [6.45, 7) is 9.26. The van der Waals surface area contributed by atoms with E-state index in [0.717, 1.165) is 31.7 Å². The molecule has 0 aliphatic rings. The molecule has 0 spiro atoms. The quantitative estimate of drug-likeness (QED) is 0.684. The second-order valence-corrected chi connectivity index (χ2v) is 5.20. The van der Waals surface area contributed by atoms with Crippen LogP contribution in [0.4, 0.5) is 10.1 Å². The van der Waals surface area contributed by atoms with E-state index in [9.17, 15) is 4.39 Å². The number of unbranched alkanes of at least 4 members (excludes halogenated alkanes) is 2. The molecule has 0 unspecified atom stereocenters. The Bertz CT molecular complexity index is 352. The number of anilines is 1. The van der Waals surface area contributed by atoms with Crippen LogP contribution in [-0.4, -0.2) is 25.7 Å². The highest BCUT2D eigenvalue weighted by Crippen LogP contribution is 2.18. The SMILES string of the molecule is CCN(CCCCCNC(C)C)c1ccccc1F. The highest BCUT2D eigenvalue weighted by atomic mass is 19.1. The van der Waals surface area contributed by atoms with Crippen LogP contribution < -0.4 is 10.2 Å². The van der Waals surface area contributed by atoms with E-state index in [1.807, 2.05) is 12.1 Å². The van der Waals surface area contributed by atoms with Gasteiger partial charge in [-0.05, 0) is 38.4 Å². The molecule has 0 heterocycles. The number of rotatable bonds is 9. The summed E-state index contributed by atoms with van der Waals surface area (Å²) in [6.07, 6.45) is 3.49. The Balaban J connectivity index is 2.28. The Hall–Kier alpha value is -1.09. The molecule has 0 aliphatic heterocycles. The molecule has 2 nitrogen and oxygen atoms in total. The van der Waals surface area contributed by atoms with Gasteiger partial charge in [-0.3, -0.25) is 0 Å². The molecule has 0 aliphatic carbocycles. The van der Waals surface area contributed by atoms with Crippen molar-refractivity contribution in [3.63, 3.8) is 0 Å². The summed E-state index contributed by atoms with van der Waals surface area (Å²) < 4.78 is 13.7. The maximum atomic E-state index is 13.7. The van der Waals surface area contributed by atoms with Gasteiger partial charge in [-0.1, -0.05) is 32.4 Å². The van der Waals surface area contributed by atoms with Gasteiger partial charge < -0.3 is 10.2 Å². The summed E-state index contributed by atoms with van der Waals surface area (Å²) in [7, 11) is 0. The first-order valence-electron chi connectivity index (χ1n) is 7.38. The van der Waals surface area contributed by atoms with Gasteiger partial charge in [0.15, 0.2) is 0 Å². The summed E-state index contributed by atoms with van der Waals surface area (Å²) in [6, 6.07) is 7.59. The Labute approximate surface area is 117 Å². The predicted octanol–water partition coefficient (Wildman–Crippen LogP) is 3.82. The van der Waals surface area contributed by atoms with E-state index in [1.54, 1.807) is 6.07 Å². The van der Waals surface area contributed by atoms with Gasteiger partial charge in [0.2, 0.25) is 0 Å². The third-order valence-electron chi connectivity index (χ3n) is 3.23. The largest absolute Gasteiger partial charge is 0.369 e. The average molecular weight is 266 g/mol. The van der Waals surface area contributed by atoms with E-state index >= 15 is 0 Å². The van der Waals surface area contributed by atoms with Crippen LogP contribution in [0.5, 0.6) is 0 Å². The van der Waals surface area contributed by atoms with Gasteiger partial charge >= 0.3 is 0 Å². The van der Waals surface area contributed by atoms with E-state index in [1.165, 1.54) is 18.9 Å². The van der Waals surface area contributed by atoms with Crippen molar-refractivity contribution in [1.29, 1.82) is 0 Å². The van der Waals surface area contributed by atoms with Crippen LogP contribution in [-0.2, 0) is 0 Å². The summed E-state index contributed by atoms with van der Waals surface area (Å²) >= 11 is 0. The first-order valence-corrected chi connectivity index (χ1v) is 7.38. The van der Waals surface area contributed by atoms with Gasteiger partial charge in [0.05, 0.1) is 5.69 Å². The number of hydrogen-bond acceptors (Lipinski definition) is 2. The van der Waals surface area contributed by atoms with Crippen LogP contribution in [0.2, 0.25) is 0 Å². The van der Waals surface area contributed by atoms with Crippen LogP contribution in [0.15, 0.2) is 24.3 Å². The monoisotopic (exact) mass is 266 g/mol. The molecule has 1 rings (SSSR count). The first-order chi connectivity index (χ1) is 9.15. The zero-order valence-electron chi connectivity index (χ0n) is 12.5. The zero-order chi connectivity index (χ0) is 14.1. The number of halogens is 1. The summed E-state index contributed by atoms with van der Waals surface area (Å²) in [5, 5.41) is 3.41. The third kappa shape index (κ3) is 6.06. The zero-order valence-corrected chi connectivity index (χ0v) is 12.5. The second kappa shape index (κ2) is 8.92. The molecule has 0 atom stereocenters. The van der Waals surface area contributed by atoms with E-state index in [-0.39, 0.29) is 5.82 Å². The van der Waals surface area contributed by atoms with Crippen LogP contribution in [0.25, 0.3) is 0 Å². The fraction of sp³-hybridized carbons (Fsp3) is 0.625. The average Bonchev–Trinajstić information content (AvgIpc) is 2.39. The van der Waals surface area contributed by atoms with Crippen molar-refractivity contribution in [3.8, 4) is 0 Å². The minimum Gasteiger partial charge on any atom is -0.369 e. The number of benzene rings is 1. The van der Waals surface area contributed by atoms with E-state index in [4.69, 9.17) is 0 Å². The lowest BCUT2D eigenvalue weighted by molar-refractivity contribution is 0.545. The Morgan fingerprint density at radius 2 is 1.89 bits per heavy atom. The van der Waals surface area contributed by atoms with Crippen molar-refractivity contribution >= 4 is 5.69 Å². The highest BCUT2D eigenvalue weighted by molar-refractivity contribution is 5.47. The predicted molar refractivity (Wildman–Crippen MR) is 81.3 cm³/mol. The normalized spacial score (nSPS) is 11.0. The van der Waals surface area contributed by atoms with E-state index in [0.29, 0.717) is 6.04 Å². The van der Waals surface area contributed by atoms with Gasteiger partial charge in [-0.2, -0.15) is 0 Å². The van der Waals surface area contributed by atoms with Crippen molar-refractivity contribution < 1.29 is 4.39 Å². The van der Waals surface area contributed by atoms with Gasteiger partial charge in [-0.15, -0.1) is 0 Å². The van der Waals surface area contributed by atoms with Crippen molar-refractivity contribution in [2.45, 2.75) is 46.1 Å². The number of para-hydroxylation sites is 1. The molecular weight excluding hydrogens is 239 g/mol. The molecule has 0 aromatic heterocycles. The molecule has 0 radical (unpaired) electrons. The fourth-order valence-electron chi connectivity index (χ4n) is 2.15. The number of nitrogens with one attached hydrogen (secondary N) is 1.